The lowest BCUT2D eigenvalue weighted by molar-refractivity contribution is -0.147. The number of ether oxygens (including phenoxy) is 3. The zero-order chi connectivity index (χ0) is 21.9. The van der Waals surface area contributed by atoms with Gasteiger partial charge in [0.2, 0.25) is 5.91 Å². The summed E-state index contributed by atoms with van der Waals surface area (Å²) in [6.07, 6.45) is 0.317. The van der Waals surface area contributed by atoms with Crippen LogP contribution < -0.4 is 20.1 Å². The Morgan fingerprint density at radius 1 is 0.900 bits per heavy atom. The predicted octanol–water partition coefficient (Wildman–Crippen LogP) is 3.13. The zero-order valence-electron chi connectivity index (χ0n) is 16.7. The van der Waals surface area contributed by atoms with Crippen molar-refractivity contribution in [3.8, 4) is 11.5 Å². The van der Waals surface area contributed by atoms with Crippen molar-refractivity contribution < 1.29 is 33.0 Å². The number of carbonyl (C=O) groups is 3. The van der Waals surface area contributed by atoms with E-state index >= 15 is 0 Å². The van der Waals surface area contributed by atoms with Gasteiger partial charge in [-0.2, -0.15) is 0 Å². The number of hydrogen-bond donors (Lipinski definition) is 2. The molecule has 2 aromatic rings. The molecule has 0 fully saturated rings. The molecule has 2 aromatic carbocycles. The standard InChI is InChI=1S/C21H23FN2O6/c1-28-16-10-11-17(18(12-16)29-2)24-20(26)13-30-21(27)5-3-4-19(25)23-15-8-6-14(22)7-9-15/h6-12H,3-5,13H2,1-2H3,(H,23,25)(H,24,26). The van der Waals surface area contributed by atoms with Crippen molar-refractivity contribution in [1.29, 1.82) is 0 Å². The molecule has 30 heavy (non-hydrogen) atoms. The molecule has 0 atom stereocenters. The predicted molar refractivity (Wildman–Crippen MR) is 108 cm³/mol. The average molecular weight is 418 g/mol. The molecule has 2 N–H and O–H groups in total. The second kappa shape index (κ2) is 11.4. The molecule has 9 heteroatoms. The highest BCUT2D eigenvalue weighted by Crippen LogP contribution is 2.28. The minimum absolute atomic E-state index is 0.0179. The van der Waals surface area contributed by atoms with Crippen molar-refractivity contribution in [3.05, 3.63) is 48.3 Å². The van der Waals surface area contributed by atoms with Gasteiger partial charge < -0.3 is 24.8 Å². The van der Waals surface area contributed by atoms with Gasteiger partial charge >= 0.3 is 5.97 Å². The fourth-order valence-electron chi connectivity index (χ4n) is 2.46. The summed E-state index contributed by atoms with van der Waals surface area (Å²) < 4.78 is 28.0. The maximum atomic E-state index is 12.8. The van der Waals surface area contributed by atoms with E-state index in [4.69, 9.17) is 14.2 Å². The number of halogens is 1. The molecule has 0 saturated heterocycles. The normalized spacial score (nSPS) is 10.1. The molecule has 8 nitrogen and oxygen atoms in total. The third-order valence-electron chi connectivity index (χ3n) is 3.96. The van der Waals surface area contributed by atoms with Crippen LogP contribution in [0.5, 0.6) is 11.5 Å². The highest BCUT2D eigenvalue weighted by molar-refractivity contribution is 5.94. The Morgan fingerprint density at radius 3 is 2.30 bits per heavy atom. The molecule has 160 valence electrons. The number of methoxy groups -OCH3 is 2. The zero-order valence-corrected chi connectivity index (χ0v) is 16.7. The average Bonchev–Trinajstić information content (AvgIpc) is 2.74. The van der Waals surface area contributed by atoms with Crippen molar-refractivity contribution in [2.24, 2.45) is 0 Å². The van der Waals surface area contributed by atoms with Crippen molar-refractivity contribution in [2.45, 2.75) is 19.3 Å². The first-order valence-corrected chi connectivity index (χ1v) is 9.14. The summed E-state index contributed by atoms with van der Waals surface area (Å²) in [6.45, 7) is -0.463. The van der Waals surface area contributed by atoms with Crippen LogP contribution in [0.15, 0.2) is 42.5 Å². The van der Waals surface area contributed by atoms with Crippen LogP contribution in [0.3, 0.4) is 0 Å². The largest absolute Gasteiger partial charge is 0.497 e. The first kappa shape index (κ1) is 22.7. The van der Waals surface area contributed by atoms with Crippen LogP contribution in [-0.2, 0) is 19.1 Å². The maximum absolute atomic E-state index is 12.8. The Kier molecular flexibility index (Phi) is 8.61. The Hall–Kier alpha value is -3.62. The highest BCUT2D eigenvalue weighted by Gasteiger charge is 2.12. The summed E-state index contributed by atoms with van der Waals surface area (Å²) in [5, 5.41) is 5.18. The number of benzene rings is 2. The Labute approximate surface area is 173 Å². The van der Waals surface area contributed by atoms with Crippen LogP contribution in [0.1, 0.15) is 19.3 Å². The maximum Gasteiger partial charge on any atom is 0.306 e. The summed E-state index contributed by atoms with van der Waals surface area (Å²) in [5.74, 6) is -0.854. The van der Waals surface area contributed by atoms with E-state index in [2.05, 4.69) is 10.6 Å². The Balaban J connectivity index is 1.68. The number of rotatable bonds is 10. The molecular formula is C21H23FN2O6. The molecule has 0 bridgehead atoms. The first-order valence-electron chi connectivity index (χ1n) is 9.14. The molecule has 0 unspecified atom stereocenters. The molecule has 0 heterocycles. The molecular weight excluding hydrogens is 395 g/mol. The van der Waals surface area contributed by atoms with Crippen LogP contribution in [0.25, 0.3) is 0 Å². The first-order chi connectivity index (χ1) is 14.4. The second-order valence-electron chi connectivity index (χ2n) is 6.18. The lowest BCUT2D eigenvalue weighted by Crippen LogP contribution is -2.21. The number of nitrogens with one attached hydrogen (secondary N) is 2. The number of esters is 1. The summed E-state index contributed by atoms with van der Waals surface area (Å²) in [5.41, 5.74) is 0.881. The third-order valence-corrected chi connectivity index (χ3v) is 3.96. The van der Waals surface area contributed by atoms with Crippen LogP contribution >= 0.6 is 0 Å². The molecule has 0 aliphatic heterocycles. The summed E-state index contributed by atoms with van der Waals surface area (Å²) >= 11 is 0. The van der Waals surface area contributed by atoms with E-state index < -0.39 is 24.3 Å². The van der Waals surface area contributed by atoms with E-state index in [0.29, 0.717) is 22.9 Å². The minimum Gasteiger partial charge on any atom is -0.497 e. The van der Waals surface area contributed by atoms with Crippen molar-refractivity contribution >= 4 is 29.2 Å². The van der Waals surface area contributed by atoms with Gasteiger partial charge in [-0.1, -0.05) is 0 Å². The monoisotopic (exact) mass is 418 g/mol. The summed E-state index contributed by atoms with van der Waals surface area (Å²) in [4.78, 5) is 35.6. The smallest absolute Gasteiger partial charge is 0.306 e. The van der Waals surface area contributed by atoms with Crippen LogP contribution in [0, 0.1) is 5.82 Å². The van der Waals surface area contributed by atoms with Gasteiger partial charge in [0.05, 0.1) is 19.9 Å². The van der Waals surface area contributed by atoms with Gasteiger partial charge in [0.1, 0.15) is 17.3 Å². The van der Waals surface area contributed by atoms with Crippen LogP contribution in [0.4, 0.5) is 15.8 Å². The van der Waals surface area contributed by atoms with Crippen LogP contribution in [0.2, 0.25) is 0 Å². The Morgan fingerprint density at radius 2 is 1.63 bits per heavy atom. The van der Waals surface area contributed by atoms with Crippen molar-refractivity contribution in [3.63, 3.8) is 0 Å². The van der Waals surface area contributed by atoms with E-state index in [9.17, 15) is 18.8 Å². The number of carbonyl (C=O) groups excluding carboxylic acids is 3. The van der Waals surface area contributed by atoms with Gasteiger partial charge in [-0.3, -0.25) is 14.4 Å². The quantitative estimate of drug-likeness (QED) is 0.575. The molecule has 0 radical (unpaired) electrons. The topological polar surface area (TPSA) is 103 Å². The number of amides is 2. The molecule has 0 aromatic heterocycles. The lowest BCUT2D eigenvalue weighted by Gasteiger charge is -2.11. The number of hydrogen-bond acceptors (Lipinski definition) is 6. The van der Waals surface area contributed by atoms with Gasteiger partial charge in [0.15, 0.2) is 6.61 Å². The Bertz CT molecular complexity index is 886. The van der Waals surface area contributed by atoms with E-state index in [1.807, 2.05) is 0 Å². The van der Waals surface area contributed by atoms with Gasteiger partial charge in [0, 0.05) is 24.6 Å². The summed E-state index contributed by atoms with van der Waals surface area (Å²) in [6, 6.07) is 10.2. The molecule has 0 aliphatic carbocycles. The van der Waals surface area contributed by atoms with Crippen molar-refractivity contribution in [2.75, 3.05) is 31.5 Å². The molecule has 0 spiro atoms. The van der Waals surface area contributed by atoms with E-state index in [1.54, 1.807) is 18.2 Å². The second-order valence-corrected chi connectivity index (χ2v) is 6.18. The number of anilines is 2. The summed E-state index contributed by atoms with van der Waals surface area (Å²) in [7, 11) is 2.97. The fraction of sp³-hybridized carbons (Fsp3) is 0.286. The fourth-order valence-corrected chi connectivity index (χ4v) is 2.46. The van der Waals surface area contributed by atoms with E-state index in [0.717, 1.165) is 0 Å². The van der Waals surface area contributed by atoms with E-state index in [-0.39, 0.29) is 25.2 Å². The molecule has 2 rings (SSSR count). The van der Waals surface area contributed by atoms with Crippen molar-refractivity contribution in [1.82, 2.24) is 0 Å². The molecule has 0 aliphatic rings. The van der Waals surface area contributed by atoms with Gasteiger partial charge in [-0.05, 0) is 42.8 Å². The van der Waals surface area contributed by atoms with E-state index in [1.165, 1.54) is 38.5 Å². The van der Waals surface area contributed by atoms with Gasteiger partial charge in [-0.15, -0.1) is 0 Å². The van der Waals surface area contributed by atoms with Gasteiger partial charge in [0.25, 0.3) is 5.91 Å². The molecule has 2 amide bonds. The SMILES string of the molecule is COc1ccc(NC(=O)COC(=O)CCCC(=O)Nc2ccc(F)cc2)c(OC)c1. The van der Waals surface area contributed by atoms with Gasteiger partial charge in [-0.25, -0.2) is 4.39 Å². The third kappa shape index (κ3) is 7.42. The minimum atomic E-state index is -0.596. The van der Waals surface area contributed by atoms with Crippen LogP contribution in [-0.4, -0.2) is 38.6 Å². The lowest BCUT2D eigenvalue weighted by atomic mass is 10.2. The molecule has 0 saturated carbocycles. The highest BCUT2D eigenvalue weighted by atomic mass is 19.1.